The van der Waals surface area contributed by atoms with Crippen molar-refractivity contribution in [1.82, 2.24) is 14.8 Å². The molecule has 0 aliphatic carbocycles. The van der Waals surface area contributed by atoms with E-state index in [-0.39, 0.29) is 18.6 Å². The minimum atomic E-state index is -0.0591. The lowest BCUT2D eigenvalue weighted by Crippen LogP contribution is -2.42. The van der Waals surface area contributed by atoms with Crippen LogP contribution in [0, 0.1) is 6.92 Å². The standard InChI is InChI=1S/C21H22N4O2/c1-14-10-17(6-8-22-14)19-12-23-25-15(2)13-24(21(27)20(19)25)18-5-3-4-16(11-18)7-9-26/h3-6,8,10-12,15,26H,7,9,13H2,1-2H3/t15-/m0/s1. The van der Waals surface area contributed by atoms with Crippen LogP contribution in [-0.2, 0) is 6.42 Å². The molecule has 27 heavy (non-hydrogen) atoms. The molecule has 0 unspecified atom stereocenters. The number of aromatic nitrogens is 3. The minimum absolute atomic E-state index is 0.0591. The van der Waals surface area contributed by atoms with E-state index in [2.05, 4.69) is 17.0 Å². The first-order chi connectivity index (χ1) is 13.1. The number of pyridine rings is 1. The second-order valence-electron chi connectivity index (χ2n) is 6.95. The largest absolute Gasteiger partial charge is 0.396 e. The van der Waals surface area contributed by atoms with Crippen molar-refractivity contribution < 1.29 is 9.90 Å². The van der Waals surface area contributed by atoms with Gasteiger partial charge in [-0.2, -0.15) is 5.10 Å². The lowest BCUT2D eigenvalue weighted by atomic mass is 10.0. The molecule has 138 valence electrons. The number of nitrogens with zero attached hydrogens (tertiary/aromatic N) is 4. The number of amides is 1. The van der Waals surface area contributed by atoms with Gasteiger partial charge in [0.15, 0.2) is 0 Å². The molecule has 0 saturated carbocycles. The number of aliphatic hydroxyl groups excluding tert-OH is 1. The number of rotatable bonds is 4. The highest BCUT2D eigenvalue weighted by Crippen LogP contribution is 2.32. The first kappa shape index (κ1) is 17.4. The van der Waals surface area contributed by atoms with Gasteiger partial charge >= 0.3 is 0 Å². The summed E-state index contributed by atoms with van der Waals surface area (Å²) in [6.07, 6.45) is 4.09. The number of aryl methyl sites for hydroxylation is 1. The fourth-order valence-electron chi connectivity index (χ4n) is 3.62. The van der Waals surface area contributed by atoms with Crippen LogP contribution in [0.5, 0.6) is 0 Å². The number of fused-ring (bicyclic) bond motifs is 1. The first-order valence-electron chi connectivity index (χ1n) is 9.10. The van der Waals surface area contributed by atoms with E-state index in [0.29, 0.717) is 18.7 Å². The third kappa shape index (κ3) is 3.13. The Balaban J connectivity index is 1.77. The normalized spacial score (nSPS) is 16.5. The molecule has 0 spiro atoms. The summed E-state index contributed by atoms with van der Waals surface area (Å²) < 4.78 is 1.82. The zero-order valence-electron chi connectivity index (χ0n) is 15.5. The lowest BCUT2D eigenvalue weighted by molar-refractivity contribution is 0.0954. The topological polar surface area (TPSA) is 71.2 Å². The number of carbonyl (C=O) groups is 1. The summed E-state index contributed by atoms with van der Waals surface area (Å²) in [5.41, 5.74) is 5.14. The van der Waals surface area contributed by atoms with Crippen LogP contribution in [0.15, 0.2) is 48.8 Å². The van der Waals surface area contributed by atoms with E-state index in [4.69, 9.17) is 0 Å². The first-order valence-corrected chi connectivity index (χ1v) is 9.10. The summed E-state index contributed by atoms with van der Waals surface area (Å²) >= 11 is 0. The Labute approximate surface area is 158 Å². The smallest absolute Gasteiger partial charge is 0.277 e. The van der Waals surface area contributed by atoms with E-state index in [1.165, 1.54) is 0 Å². The number of hydrogen-bond donors (Lipinski definition) is 1. The summed E-state index contributed by atoms with van der Waals surface area (Å²) in [7, 11) is 0. The van der Waals surface area contributed by atoms with Crippen LogP contribution in [-0.4, -0.2) is 38.9 Å². The van der Waals surface area contributed by atoms with Gasteiger partial charge in [0, 0.05) is 36.3 Å². The SMILES string of the molecule is Cc1cc(-c2cnn3c2C(=O)N(c2cccc(CCO)c2)C[C@@H]3C)ccn1. The van der Waals surface area contributed by atoms with Gasteiger partial charge in [0.1, 0.15) is 5.69 Å². The summed E-state index contributed by atoms with van der Waals surface area (Å²) in [4.78, 5) is 19.4. The quantitative estimate of drug-likeness (QED) is 0.774. The van der Waals surface area contributed by atoms with E-state index < -0.39 is 0 Å². The van der Waals surface area contributed by atoms with Crippen molar-refractivity contribution in [3.63, 3.8) is 0 Å². The lowest BCUT2D eigenvalue weighted by Gasteiger charge is -2.32. The Morgan fingerprint density at radius 1 is 1.26 bits per heavy atom. The molecule has 3 aromatic rings. The van der Waals surface area contributed by atoms with Crippen molar-refractivity contribution >= 4 is 11.6 Å². The van der Waals surface area contributed by atoms with Crippen molar-refractivity contribution in [2.75, 3.05) is 18.1 Å². The molecule has 1 atom stereocenters. The summed E-state index contributed by atoms with van der Waals surface area (Å²) in [6.45, 7) is 4.65. The maximum atomic E-state index is 13.4. The average molecular weight is 362 g/mol. The van der Waals surface area contributed by atoms with Gasteiger partial charge in [0.05, 0.1) is 12.2 Å². The van der Waals surface area contributed by atoms with Gasteiger partial charge in [-0.15, -0.1) is 0 Å². The summed E-state index contributed by atoms with van der Waals surface area (Å²) in [5.74, 6) is -0.0591. The molecule has 0 bridgehead atoms. The van der Waals surface area contributed by atoms with Crippen molar-refractivity contribution in [1.29, 1.82) is 0 Å². The van der Waals surface area contributed by atoms with Crippen molar-refractivity contribution in [3.05, 3.63) is 65.7 Å². The number of hydrogen-bond acceptors (Lipinski definition) is 4. The van der Waals surface area contributed by atoms with Gasteiger partial charge < -0.3 is 10.0 Å². The summed E-state index contributed by atoms with van der Waals surface area (Å²) in [6, 6.07) is 11.7. The molecule has 1 N–H and O–H groups in total. The van der Waals surface area contributed by atoms with Gasteiger partial charge in [0.2, 0.25) is 0 Å². The predicted molar refractivity (Wildman–Crippen MR) is 104 cm³/mol. The van der Waals surface area contributed by atoms with Crippen LogP contribution in [0.1, 0.15) is 34.7 Å². The maximum Gasteiger partial charge on any atom is 0.277 e. The second-order valence-corrected chi connectivity index (χ2v) is 6.95. The minimum Gasteiger partial charge on any atom is -0.396 e. The van der Waals surface area contributed by atoms with Gasteiger partial charge in [0.25, 0.3) is 5.91 Å². The van der Waals surface area contributed by atoms with Crippen molar-refractivity contribution in [2.24, 2.45) is 0 Å². The van der Waals surface area contributed by atoms with Crippen molar-refractivity contribution in [2.45, 2.75) is 26.3 Å². The molecular formula is C21H22N4O2. The molecule has 1 aliphatic rings. The van der Waals surface area contributed by atoms with Crippen LogP contribution >= 0.6 is 0 Å². The van der Waals surface area contributed by atoms with Gasteiger partial charge in [-0.1, -0.05) is 12.1 Å². The predicted octanol–water partition coefficient (Wildman–Crippen LogP) is 3.01. The third-order valence-corrected chi connectivity index (χ3v) is 4.94. The molecule has 1 aliphatic heterocycles. The molecule has 1 aromatic carbocycles. The highest BCUT2D eigenvalue weighted by molar-refractivity contribution is 6.09. The highest BCUT2D eigenvalue weighted by Gasteiger charge is 2.33. The molecule has 0 saturated heterocycles. The molecule has 6 nitrogen and oxygen atoms in total. The molecule has 4 rings (SSSR count). The second kappa shape index (κ2) is 6.96. The Morgan fingerprint density at radius 3 is 2.89 bits per heavy atom. The van der Waals surface area contributed by atoms with E-state index >= 15 is 0 Å². The van der Waals surface area contributed by atoms with Crippen molar-refractivity contribution in [3.8, 4) is 11.1 Å². The Hall–Kier alpha value is -2.99. The molecule has 0 fully saturated rings. The van der Waals surface area contributed by atoms with Crippen LogP contribution in [0.4, 0.5) is 5.69 Å². The Bertz CT molecular complexity index is 995. The van der Waals surface area contributed by atoms with Gasteiger partial charge in [-0.3, -0.25) is 14.5 Å². The number of benzene rings is 1. The van der Waals surface area contributed by atoms with E-state index in [0.717, 1.165) is 28.1 Å². The fraction of sp³-hybridized carbons (Fsp3) is 0.286. The van der Waals surface area contributed by atoms with E-state index in [9.17, 15) is 9.90 Å². The monoisotopic (exact) mass is 362 g/mol. The summed E-state index contributed by atoms with van der Waals surface area (Å²) in [5, 5.41) is 13.7. The molecule has 2 aromatic heterocycles. The molecule has 1 amide bonds. The number of aliphatic hydroxyl groups is 1. The zero-order valence-corrected chi connectivity index (χ0v) is 15.5. The molecule has 6 heteroatoms. The Morgan fingerprint density at radius 2 is 2.11 bits per heavy atom. The van der Waals surface area contributed by atoms with Crippen LogP contribution in [0.25, 0.3) is 11.1 Å². The number of carbonyl (C=O) groups excluding carboxylic acids is 1. The molecular weight excluding hydrogens is 340 g/mol. The van der Waals surface area contributed by atoms with Crippen LogP contribution < -0.4 is 4.90 Å². The molecule has 3 heterocycles. The van der Waals surface area contributed by atoms with Crippen LogP contribution in [0.3, 0.4) is 0 Å². The van der Waals surface area contributed by atoms with Crippen LogP contribution in [0.2, 0.25) is 0 Å². The third-order valence-electron chi connectivity index (χ3n) is 4.94. The zero-order chi connectivity index (χ0) is 19.0. The average Bonchev–Trinajstić information content (AvgIpc) is 3.11. The number of anilines is 1. The highest BCUT2D eigenvalue weighted by atomic mass is 16.3. The Kier molecular flexibility index (Phi) is 4.49. The van der Waals surface area contributed by atoms with E-state index in [1.54, 1.807) is 17.3 Å². The van der Waals surface area contributed by atoms with E-state index in [1.807, 2.05) is 48.0 Å². The van der Waals surface area contributed by atoms with Gasteiger partial charge in [-0.25, -0.2) is 0 Å². The fourth-order valence-corrected chi connectivity index (χ4v) is 3.62. The molecule has 0 radical (unpaired) electrons. The van der Waals surface area contributed by atoms with Gasteiger partial charge in [-0.05, 0) is 55.7 Å². The maximum absolute atomic E-state index is 13.4.